The standard InChI is InChI=1S/C50H31N5/c1-2-15-36(16-3-1)53-44-22-9-5-17-37(44)39-27-25-34(30-47(39)53)32-13-12-14-33(29-32)35-26-28-40-38-18-6-10-23-45(38)54(48(40)31-35)50-52-42-20-7-4-19-41(42)49-51-43-21-8-11-24-46(43)55(49)50/h1-31H. The van der Waals surface area contributed by atoms with Crippen molar-refractivity contribution in [2.24, 2.45) is 0 Å². The molecular weight excluding hydrogens is 671 g/mol. The Hall–Kier alpha value is -7.50. The number of rotatable bonds is 4. The van der Waals surface area contributed by atoms with Gasteiger partial charge in [0.25, 0.3) is 0 Å². The van der Waals surface area contributed by atoms with Crippen molar-refractivity contribution in [2.45, 2.75) is 0 Å². The number of nitrogens with zero attached hydrogens (tertiary/aromatic N) is 5. The average Bonchev–Trinajstić information content (AvgIpc) is 3.92. The second kappa shape index (κ2) is 11.5. The zero-order valence-electron chi connectivity index (χ0n) is 29.6. The molecule has 0 aliphatic carbocycles. The summed E-state index contributed by atoms with van der Waals surface area (Å²) in [5, 5.41) is 5.91. The Morgan fingerprint density at radius 2 is 0.818 bits per heavy atom. The molecule has 0 aliphatic rings. The summed E-state index contributed by atoms with van der Waals surface area (Å²) in [6, 6.07) is 67.3. The SMILES string of the molecule is c1ccc(-n2c3ccccc3c3ccc(-c4cccc(-c5ccc6c7ccccc7n(-c7nc8ccccc8c8nc9ccccc9n78)c6c5)c4)cc32)cc1. The monoisotopic (exact) mass is 701 g/mol. The predicted molar refractivity (Wildman–Crippen MR) is 228 cm³/mol. The summed E-state index contributed by atoms with van der Waals surface area (Å²) in [6.07, 6.45) is 0. The van der Waals surface area contributed by atoms with Gasteiger partial charge in [-0.1, -0.05) is 121 Å². The Morgan fingerprint density at radius 1 is 0.309 bits per heavy atom. The van der Waals surface area contributed by atoms with Crippen LogP contribution >= 0.6 is 0 Å². The zero-order valence-corrected chi connectivity index (χ0v) is 29.6. The van der Waals surface area contributed by atoms with Crippen LogP contribution in [0.3, 0.4) is 0 Å². The minimum absolute atomic E-state index is 0.821. The van der Waals surface area contributed by atoms with Gasteiger partial charge in [-0.25, -0.2) is 9.97 Å². The highest BCUT2D eigenvalue weighted by molar-refractivity contribution is 6.12. The van der Waals surface area contributed by atoms with Crippen molar-refractivity contribution in [3.05, 3.63) is 188 Å². The van der Waals surface area contributed by atoms with Crippen molar-refractivity contribution in [3.8, 4) is 33.9 Å². The lowest BCUT2D eigenvalue weighted by atomic mass is 9.97. The molecule has 8 aromatic carbocycles. The third-order valence-electron chi connectivity index (χ3n) is 11.2. The molecule has 0 unspecified atom stereocenters. The van der Waals surface area contributed by atoms with Crippen molar-refractivity contribution in [1.29, 1.82) is 0 Å². The number of imidazole rings is 1. The van der Waals surface area contributed by atoms with E-state index in [1.54, 1.807) is 0 Å². The number of fused-ring (bicyclic) bond motifs is 11. The first-order valence-electron chi connectivity index (χ1n) is 18.7. The van der Waals surface area contributed by atoms with E-state index in [2.05, 4.69) is 189 Å². The minimum Gasteiger partial charge on any atom is -0.309 e. The number of aromatic nitrogens is 5. The molecule has 0 fully saturated rings. The summed E-state index contributed by atoms with van der Waals surface area (Å²) in [5.74, 6) is 0.821. The number of hydrogen-bond acceptors (Lipinski definition) is 2. The topological polar surface area (TPSA) is 40.0 Å². The van der Waals surface area contributed by atoms with Crippen LogP contribution in [0.2, 0.25) is 0 Å². The fraction of sp³-hybridized carbons (Fsp3) is 0. The van der Waals surface area contributed by atoms with Crippen LogP contribution in [0.1, 0.15) is 0 Å². The molecule has 0 aliphatic heterocycles. The van der Waals surface area contributed by atoms with Crippen molar-refractivity contribution in [3.63, 3.8) is 0 Å². The fourth-order valence-electron chi connectivity index (χ4n) is 8.73. The van der Waals surface area contributed by atoms with Crippen molar-refractivity contribution < 1.29 is 0 Å². The van der Waals surface area contributed by atoms with E-state index in [1.807, 2.05) is 12.1 Å². The van der Waals surface area contributed by atoms with Crippen molar-refractivity contribution in [1.82, 2.24) is 23.5 Å². The molecule has 0 saturated carbocycles. The third-order valence-corrected chi connectivity index (χ3v) is 11.2. The number of hydrogen-bond donors (Lipinski definition) is 0. The van der Waals surface area contributed by atoms with Gasteiger partial charge < -0.3 is 4.57 Å². The van der Waals surface area contributed by atoms with Crippen molar-refractivity contribution >= 4 is 71.2 Å². The lowest BCUT2D eigenvalue weighted by molar-refractivity contribution is 0.979. The maximum atomic E-state index is 5.38. The molecule has 4 heterocycles. The van der Waals surface area contributed by atoms with Crippen LogP contribution in [0.25, 0.3) is 105 Å². The molecule has 55 heavy (non-hydrogen) atoms. The third kappa shape index (κ3) is 4.41. The second-order valence-electron chi connectivity index (χ2n) is 14.3. The largest absolute Gasteiger partial charge is 0.309 e. The van der Waals surface area contributed by atoms with Gasteiger partial charge in [-0.15, -0.1) is 0 Å². The molecule has 0 spiro atoms. The van der Waals surface area contributed by atoms with Crippen LogP contribution in [0.4, 0.5) is 0 Å². The minimum atomic E-state index is 0.821. The van der Waals surface area contributed by atoms with Gasteiger partial charge in [0.2, 0.25) is 5.95 Å². The summed E-state index contributed by atoms with van der Waals surface area (Å²) < 4.78 is 6.93. The van der Waals surface area contributed by atoms with Gasteiger partial charge in [-0.3, -0.25) is 8.97 Å². The zero-order chi connectivity index (χ0) is 36.0. The maximum Gasteiger partial charge on any atom is 0.221 e. The summed E-state index contributed by atoms with van der Waals surface area (Å²) in [7, 11) is 0. The number of benzene rings is 8. The Bertz CT molecular complexity index is 3490. The van der Waals surface area contributed by atoms with E-state index in [-0.39, 0.29) is 0 Å². The quantitative estimate of drug-likeness (QED) is 0.183. The molecular formula is C50H31N5. The van der Waals surface area contributed by atoms with E-state index < -0.39 is 0 Å². The maximum absolute atomic E-state index is 5.38. The van der Waals surface area contributed by atoms with E-state index >= 15 is 0 Å². The average molecular weight is 702 g/mol. The number of para-hydroxylation sites is 6. The van der Waals surface area contributed by atoms with Crippen molar-refractivity contribution in [2.75, 3.05) is 0 Å². The molecule has 0 radical (unpaired) electrons. The van der Waals surface area contributed by atoms with E-state index in [9.17, 15) is 0 Å². The first-order chi connectivity index (χ1) is 27.3. The van der Waals surface area contributed by atoms with Gasteiger partial charge in [-0.05, 0) is 89.0 Å². The van der Waals surface area contributed by atoms with Gasteiger partial charge in [0.05, 0.1) is 38.6 Å². The summed E-state index contributed by atoms with van der Waals surface area (Å²) in [6.45, 7) is 0. The van der Waals surface area contributed by atoms with Crippen LogP contribution in [0.15, 0.2) is 188 Å². The normalized spacial score (nSPS) is 12.0. The van der Waals surface area contributed by atoms with Crippen LogP contribution in [-0.2, 0) is 0 Å². The molecule has 0 bridgehead atoms. The Kier molecular flexibility index (Phi) is 6.27. The molecule has 12 aromatic rings. The summed E-state index contributed by atoms with van der Waals surface area (Å²) >= 11 is 0. The second-order valence-corrected chi connectivity index (χ2v) is 14.3. The summed E-state index contributed by atoms with van der Waals surface area (Å²) in [5.41, 5.74) is 14.2. The molecule has 0 N–H and O–H groups in total. The van der Waals surface area contributed by atoms with Gasteiger partial charge >= 0.3 is 0 Å². The molecule has 256 valence electrons. The molecule has 4 aromatic heterocycles. The van der Waals surface area contributed by atoms with Crippen LogP contribution in [0, 0.1) is 0 Å². The molecule has 0 saturated heterocycles. The van der Waals surface area contributed by atoms with Crippen LogP contribution in [0.5, 0.6) is 0 Å². The molecule has 5 nitrogen and oxygen atoms in total. The predicted octanol–water partition coefficient (Wildman–Crippen LogP) is 12.6. The van der Waals surface area contributed by atoms with Gasteiger partial charge in [-0.2, -0.15) is 0 Å². The van der Waals surface area contributed by atoms with Gasteiger partial charge in [0, 0.05) is 32.6 Å². The van der Waals surface area contributed by atoms with E-state index in [0.29, 0.717) is 0 Å². The molecule has 12 rings (SSSR count). The lowest BCUT2D eigenvalue weighted by Gasteiger charge is -2.13. The highest BCUT2D eigenvalue weighted by Crippen LogP contribution is 2.39. The molecule has 0 atom stereocenters. The first kappa shape index (κ1) is 30.0. The van der Waals surface area contributed by atoms with Crippen LogP contribution < -0.4 is 0 Å². The Morgan fingerprint density at radius 3 is 1.51 bits per heavy atom. The lowest BCUT2D eigenvalue weighted by Crippen LogP contribution is -2.06. The molecule has 0 amide bonds. The van der Waals surface area contributed by atoms with E-state index in [4.69, 9.17) is 9.97 Å². The highest BCUT2D eigenvalue weighted by Gasteiger charge is 2.20. The first-order valence-corrected chi connectivity index (χ1v) is 18.7. The van der Waals surface area contributed by atoms with Gasteiger partial charge in [0.1, 0.15) is 5.65 Å². The fourth-order valence-corrected chi connectivity index (χ4v) is 8.73. The van der Waals surface area contributed by atoms with Gasteiger partial charge in [0.15, 0.2) is 0 Å². The highest BCUT2D eigenvalue weighted by atomic mass is 15.2. The van der Waals surface area contributed by atoms with E-state index in [1.165, 1.54) is 43.7 Å². The van der Waals surface area contributed by atoms with Crippen LogP contribution in [-0.4, -0.2) is 23.5 Å². The summed E-state index contributed by atoms with van der Waals surface area (Å²) in [4.78, 5) is 10.5. The smallest absolute Gasteiger partial charge is 0.221 e. The Labute approximate surface area is 315 Å². The Balaban J connectivity index is 1.07. The van der Waals surface area contributed by atoms with E-state index in [0.717, 1.165) is 61.4 Å². The molecule has 5 heteroatoms.